The van der Waals surface area contributed by atoms with Crippen LogP contribution in [-0.4, -0.2) is 40.3 Å². The molecule has 1 aromatic heterocycles. The first-order chi connectivity index (χ1) is 8.13. The molecule has 7 nitrogen and oxygen atoms in total. The first kappa shape index (κ1) is 13.0. The molecule has 0 unspecified atom stereocenters. The number of carbonyl (C=O) groups is 2. The van der Waals surface area contributed by atoms with Crippen molar-refractivity contribution in [1.82, 2.24) is 15.4 Å². The molecule has 1 aromatic rings. The topological polar surface area (TPSA) is 95.7 Å². The fourth-order valence-electron chi connectivity index (χ4n) is 1.29. The van der Waals surface area contributed by atoms with Gasteiger partial charge in [0.1, 0.15) is 18.5 Å². The highest BCUT2D eigenvalue weighted by Crippen LogP contribution is 1.96. The van der Waals surface area contributed by atoms with E-state index in [1.165, 1.54) is 11.2 Å². The van der Waals surface area contributed by atoms with Crippen molar-refractivity contribution >= 4 is 12.0 Å². The number of aliphatic carboxylic acids is 1. The van der Waals surface area contributed by atoms with Gasteiger partial charge in [-0.1, -0.05) is 12.1 Å². The fraction of sp³-hybridized carbons (Fsp3) is 0.500. The number of aromatic nitrogens is 1. The Morgan fingerprint density at radius 1 is 1.59 bits per heavy atom. The quantitative estimate of drug-likeness (QED) is 0.763. The SMILES string of the molecule is CCCN(CC(=O)O)C(=O)NCc1ccon1. The average Bonchev–Trinajstić information content (AvgIpc) is 2.77. The molecule has 0 saturated heterocycles. The van der Waals surface area contributed by atoms with Crippen LogP contribution in [0.3, 0.4) is 0 Å². The van der Waals surface area contributed by atoms with E-state index in [2.05, 4.69) is 15.0 Å². The summed E-state index contributed by atoms with van der Waals surface area (Å²) in [4.78, 5) is 23.5. The molecule has 0 radical (unpaired) electrons. The van der Waals surface area contributed by atoms with E-state index < -0.39 is 12.0 Å². The van der Waals surface area contributed by atoms with Gasteiger partial charge in [0.2, 0.25) is 0 Å². The zero-order valence-electron chi connectivity index (χ0n) is 9.55. The molecule has 17 heavy (non-hydrogen) atoms. The predicted octanol–water partition coefficient (Wildman–Crippen LogP) is 0.681. The van der Waals surface area contributed by atoms with Crippen LogP contribution in [0.4, 0.5) is 4.79 Å². The van der Waals surface area contributed by atoms with Gasteiger partial charge in [0.15, 0.2) is 0 Å². The maximum absolute atomic E-state index is 11.7. The van der Waals surface area contributed by atoms with E-state index in [0.717, 1.165) is 0 Å². The van der Waals surface area contributed by atoms with E-state index in [-0.39, 0.29) is 13.1 Å². The van der Waals surface area contributed by atoms with Gasteiger partial charge in [-0.15, -0.1) is 0 Å². The summed E-state index contributed by atoms with van der Waals surface area (Å²) in [5, 5.41) is 14.9. The molecule has 0 aliphatic carbocycles. The Kier molecular flexibility index (Phi) is 4.99. The maximum atomic E-state index is 11.7. The van der Waals surface area contributed by atoms with E-state index >= 15 is 0 Å². The number of nitrogens with one attached hydrogen (secondary N) is 1. The van der Waals surface area contributed by atoms with Gasteiger partial charge in [0, 0.05) is 12.6 Å². The first-order valence-corrected chi connectivity index (χ1v) is 5.27. The summed E-state index contributed by atoms with van der Waals surface area (Å²) in [6, 6.07) is 1.21. The lowest BCUT2D eigenvalue weighted by Crippen LogP contribution is -2.42. The van der Waals surface area contributed by atoms with Crippen LogP contribution < -0.4 is 5.32 Å². The highest BCUT2D eigenvalue weighted by atomic mass is 16.5. The third-order valence-corrected chi connectivity index (χ3v) is 2.02. The lowest BCUT2D eigenvalue weighted by molar-refractivity contribution is -0.137. The Balaban J connectivity index is 2.44. The molecule has 0 fully saturated rings. The number of urea groups is 1. The smallest absolute Gasteiger partial charge is 0.323 e. The van der Waals surface area contributed by atoms with Gasteiger partial charge in [-0.3, -0.25) is 4.79 Å². The van der Waals surface area contributed by atoms with Crippen molar-refractivity contribution in [3.63, 3.8) is 0 Å². The Morgan fingerprint density at radius 3 is 2.88 bits per heavy atom. The van der Waals surface area contributed by atoms with Crippen LogP contribution in [-0.2, 0) is 11.3 Å². The predicted molar refractivity (Wildman–Crippen MR) is 58.2 cm³/mol. The summed E-state index contributed by atoms with van der Waals surface area (Å²) < 4.78 is 4.61. The van der Waals surface area contributed by atoms with Gasteiger partial charge in [-0.25, -0.2) is 4.79 Å². The Labute approximate surface area is 98.4 Å². The molecule has 2 amide bonds. The summed E-state index contributed by atoms with van der Waals surface area (Å²) in [7, 11) is 0. The standard InChI is InChI=1S/C10H15N3O4/c1-2-4-13(7-9(14)15)10(16)11-6-8-3-5-17-12-8/h3,5H,2,4,6-7H2,1H3,(H,11,16)(H,14,15). The number of carboxylic acids is 1. The molecule has 0 saturated carbocycles. The summed E-state index contributed by atoms with van der Waals surface area (Å²) >= 11 is 0. The van der Waals surface area contributed by atoms with Gasteiger partial charge >= 0.3 is 12.0 Å². The number of carbonyl (C=O) groups excluding carboxylic acids is 1. The zero-order valence-corrected chi connectivity index (χ0v) is 9.55. The molecular weight excluding hydrogens is 226 g/mol. The van der Waals surface area contributed by atoms with Crippen molar-refractivity contribution < 1.29 is 19.2 Å². The number of hydrogen-bond acceptors (Lipinski definition) is 4. The number of rotatable bonds is 6. The molecule has 0 atom stereocenters. The van der Waals surface area contributed by atoms with Crippen LogP contribution in [0.5, 0.6) is 0 Å². The van der Waals surface area contributed by atoms with Crippen LogP contribution >= 0.6 is 0 Å². The molecule has 94 valence electrons. The monoisotopic (exact) mass is 241 g/mol. The normalized spacial score (nSPS) is 9.94. The molecule has 0 aliphatic heterocycles. The largest absolute Gasteiger partial charge is 0.480 e. The van der Waals surface area contributed by atoms with Crippen molar-refractivity contribution in [3.05, 3.63) is 18.0 Å². The van der Waals surface area contributed by atoms with E-state index in [4.69, 9.17) is 5.11 Å². The van der Waals surface area contributed by atoms with E-state index in [9.17, 15) is 9.59 Å². The number of hydrogen-bond donors (Lipinski definition) is 2. The summed E-state index contributed by atoms with van der Waals surface area (Å²) in [5.41, 5.74) is 0.588. The van der Waals surface area contributed by atoms with Crippen LogP contribution in [0.2, 0.25) is 0 Å². The van der Waals surface area contributed by atoms with Crippen molar-refractivity contribution in [1.29, 1.82) is 0 Å². The Bertz CT molecular complexity index is 364. The molecule has 7 heteroatoms. The molecule has 1 rings (SSSR count). The van der Waals surface area contributed by atoms with E-state index in [1.54, 1.807) is 6.07 Å². The molecule has 0 bridgehead atoms. The minimum atomic E-state index is -1.03. The molecule has 2 N–H and O–H groups in total. The Morgan fingerprint density at radius 2 is 2.35 bits per heavy atom. The molecule has 1 heterocycles. The average molecular weight is 241 g/mol. The van der Waals surface area contributed by atoms with Gasteiger partial charge in [-0.2, -0.15) is 0 Å². The van der Waals surface area contributed by atoms with Crippen molar-refractivity contribution in [2.75, 3.05) is 13.1 Å². The second-order valence-electron chi connectivity index (χ2n) is 3.46. The van der Waals surface area contributed by atoms with Gasteiger partial charge < -0.3 is 19.8 Å². The highest BCUT2D eigenvalue weighted by molar-refractivity contribution is 5.79. The summed E-state index contributed by atoms with van der Waals surface area (Å²) in [6.07, 6.45) is 2.10. The second kappa shape index (κ2) is 6.51. The van der Waals surface area contributed by atoms with Crippen LogP contribution in [0.15, 0.2) is 16.9 Å². The molecule has 0 aliphatic rings. The minimum Gasteiger partial charge on any atom is -0.480 e. The van der Waals surface area contributed by atoms with Crippen LogP contribution in [0.1, 0.15) is 19.0 Å². The summed E-state index contributed by atoms with van der Waals surface area (Å²) in [5.74, 6) is -1.03. The molecular formula is C10H15N3O4. The maximum Gasteiger partial charge on any atom is 0.323 e. The minimum absolute atomic E-state index is 0.217. The van der Waals surface area contributed by atoms with Crippen molar-refractivity contribution in [2.45, 2.75) is 19.9 Å². The number of nitrogens with zero attached hydrogens (tertiary/aromatic N) is 2. The third kappa shape index (κ3) is 4.54. The van der Waals surface area contributed by atoms with Gasteiger partial charge in [-0.05, 0) is 6.42 Å². The lowest BCUT2D eigenvalue weighted by atomic mass is 10.4. The van der Waals surface area contributed by atoms with E-state index in [1.807, 2.05) is 6.92 Å². The molecule has 0 aromatic carbocycles. The first-order valence-electron chi connectivity index (χ1n) is 5.27. The summed E-state index contributed by atoms with van der Waals surface area (Å²) in [6.45, 7) is 2.18. The third-order valence-electron chi connectivity index (χ3n) is 2.02. The van der Waals surface area contributed by atoms with Gasteiger partial charge in [0.05, 0.1) is 6.54 Å². The van der Waals surface area contributed by atoms with Crippen molar-refractivity contribution in [3.8, 4) is 0 Å². The van der Waals surface area contributed by atoms with Gasteiger partial charge in [0.25, 0.3) is 0 Å². The van der Waals surface area contributed by atoms with Crippen LogP contribution in [0.25, 0.3) is 0 Å². The molecule has 0 spiro atoms. The number of carboxylic acid groups (broad SMARTS) is 1. The fourth-order valence-corrected chi connectivity index (χ4v) is 1.29. The second-order valence-corrected chi connectivity index (χ2v) is 3.46. The van der Waals surface area contributed by atoms with Crippen molar-refractivity contribution in [2.24, 2.45) is 0 Å². The number of amides is 2. The zero-order chi connectivity index (χ0) is 12.7. The van der Waals surface area contributed by atoms with Crippen LogP contribution in [0, 0.1) is 0 Å². The highest BCUT2D eigenvalue weighted by Gasteiger charge is 2.15. The lowest BCUT2D eigenvalue weighted by Gasteiger charge is -2.19. The van der Waals surface area contributed by atoms with E-state index in [0.29, 0.717) is 18.7 Å². The Hall–Kier alpha value is -2.05.